The number of carbonyl (C=O) groups is 2. The third kappa shape index (κ3) is 9.00. The minimum Gasteiger partial charge on any atom is -0.438 e. The van der Waals surface area contributed by atoms with Crippen molar-refractivity contribution in [2.24, 2.45) is 0 Å². The standard InChI is InChI=1S/C36H41FN6O3S/c1-24-40-33(23-47-24)35(45)42-30-12-10-29(11-13-30)41-34(44)32-21-28(37)22-39-36(32)46-31-9-3-8-27(20-31)26-7-2-5-25(19-26)6-4-16-43-17-14-38-15-18-43/h2-3,5,7-9,19-23,29-30,38H,4,6,10-18H2,1H3,(H,41,44)(H,42,45)/t29-,30+. The molecule has 1 aliphatic carbocycles. The first kappa shape index (κ1) is 32.7. The first-order chi connectivity index (χ1) is 22.9. The maximum absolute atomic E-state index is 14.3. The Morgan fingerprint density at radius 2 is 1.68 bits per heavy atom. The van der Waals surface area contributed by atoms with Crippen LogP contribution in [0.3, 0.4) is 0 Å². The van der Waals surface area contributed by atoms with Crippen molar-refractivity contribution < 1.29 is 18.7 Å². The summed E-state index contributed by atoms with van der Waals surface area (Å²) >= 11 is 1.44. The second kappa shape index (κ2) is 15.6. The normalized spacial score (nSPS) is 18.4. The first-order valence-electron chi connectivity index (χ1n) is 16.4. The number of carbonyl (C=O) groups excluding carboxylic acids is 2. The van der Waals surface area contributed by atoms with Gasteiger partial charge in [-0.05, 0) is 86.9 Å². The lowest BCUT2D eigenvalue weighted by Gasteiger charge is -2.29. The Hall–Kier alpha value is -4.19. The van der Waals surface area contributed by atoms with Crippen molar-refractivity contribution in [2.75, 3.05) is 32.7 Å². The average Bonchev–Trinajstić information content (AvgIpc) is 3.53. The molecule has 1 aliphatic heterocycles. The molecule has 11 heteroatoms. The number of nitrogens with zero attached hydrogens (tertiary/aromatic N) is 3. The molecule has 3 heterocycles. The zero-order chi connectivity index (χ0) is 32.6. The number of ether oxygens (including phenoxy) is 1. The molecule has 2 aromatic carbocycles. The van der Waals surface area contributed by atoms with Crippen molar-refractivity contribution in [2.45, 2.75) is 57.5 Å². The number of pyridine rings is 1. The monoisotopic (exact) mass is 656 g/mol. The second-order valence-electron chi connectivity index (χ2n) is 12.3. The summed E-state index contributed by atoms with van der Waals surface area (Å²) < 4.78 is 20.4. The molecule has 2 fully saturated rings. The van der Waals surface area contributed by atoms with E-state index >= 15 is 0 Å². The Morgan fingerprint density at radius 1 is 0.979 bits per heavy atom. The molecule has 2 aliphatic rings. The molecule has 1 saturated heterocycles. The molecule has 4 aromatic rings. The van der Waals surface area contributed by atoms with E-state index in [0.717, 1.165) is 74.0 Å². The Balaban J connectivity index is 1.05. The van der Waals surface area contributed by atoms with E-state index < -0.39 is 11.7 Å². The fraction of sp³-hybridized carbons (Fsp3) is 0.389. The quantitative estimate of drug-likeness (QED) is 0.189. The third-order valence-corrected chi connectivity index (χ3v) is 9.54. The summed E-state index contributed by atoms with van der Waals surface area (Å²) in [4.78, 5) is 36.8. The number of nitrogens with one attached hydrogen (secondary N) is 3. The summed E-state index contributed by atoms with van der Waals surface area (Å²) in [6.07, 6.45) is 5.97. The molecule has 1 saturated carbocycles. The van der Waals surface area contributed by atoms with Crippen LogP contribution in [0.4, 0.5) is 4.39 Å². The number of rotatable bonds is 11. The highest BCUT2D eigenvalue weighted by Crippen LogP contribution is 2.30. The molecule has 6 rings (SSSR count). The molecular weight excluding hydrogens is 616 g/mol. The van der Waals surface area contributed by atoms with Crippen LogP contribution < -0.4 is 20.7 Å². The van der Waals surface area contributed by atoms with Crippen molar-refractivity contribution in [1.82, 2.24) is 30.8 Å². The molecule has 0 unspecified atom stereocenters. The van der Waals surface area contributed by atoms with Gasteiger partial charge in [0.25, 0.3) is 11.8 Å². The number of aromatic nitrogens is 2. The summed E-state index contributed by atoms with van der Waals surface area (Å²) in [6, 6.07) is 17.2. The molecule has 3 N–H and O–H groups in total. The van der Waals surface area contributed by atoms with Gasteiger partial charge in [-0.15, -0.1) is 11.3 Å². The van der Waals surface area contributed by atoms with Gasteiger partial charge >= 0.3 is 0 Å². The highest BCUT2D eigenvalue weighted by molar-refractivity contribution is 7.09. The van der Waals surface area contributed by atoms with Gasteiger partial charge < -0.3 is 25.6 Å². The Kier molecular flexibility index (Phi) is 10.9. The van der Waals surface area contributed by atoms with Crippen LogP contribution in [0.1, 0.15) is 63.5 Å². The topological polar surface area (TPSA) is 108 Å². The molecule has 2 aromatic heterocycles. The predicted octanol–water partition coefficient (Wildman–Crippen LogP) is 5.75. The fourth-order valence-corrected chi connectivity index (χ4v) is 6.83. The van der Waals surface area contributed by atoms with Gasteiger partial charge in [-0.2, -0.15) is 0 Å². The van der Waals surface area contributed by atoms with Gasteiger partial charge in [-0.25, -0.2) is 14.4 Å². The minimum absolute atomic E-state index is 0.0117. The fourth-order valence-electron chi connectivity index (χ4n) is 6.24. The lowest BCUT2D eigenvalue weighted by Crippen LogP contribution is -2.44. The van der Waals surface area contributed by atoms with E-state index in [1.54, 1.807) is 11.4 Å². The van der Waals surface area contributed by atoms with Gasteiger partial charge in [0, 0.05) is 43.6 Å². The molecule has 246 valence electrons. The van der Waals surface area contributed by atoms with Gasteiger partial charge in [0.05, 0.1) is 11.2 Å². The number of thiazole rings is 1. The maximum atomic E-state index is 14.3. The molecule has 0 bridgehead atoms. The summed E-state index contributed by atoms with van der Waals surface area (Å²) in [6.45, 7) is 7.30. The van der Waals surface area contributed by atoms with E-state index in [4.69, 9.17) is 4.74 Å². The summed E-state index contributed by atoms with van der Waals surface area (Å²) in [5, 5.41) is 12.1. The molecule has 2 amide bonds. The number of piperazine rings is 1. The molecule has 0 radical (unpaired) electrons. The van der Waals surface area contributed by atoms with Crippen molar-refractivity contribution in [3.63, 3.8) is 0 Å². The Morgan fingerprint density at radius 3 is 2.40 bits per heavy atom. The number of benzene rings is 2. The molecule has 9 nitrogen and oxygen atoms in total. The Bertz CT molecular complexity index is 1680. The molecular formula is C36H41FN6O3S. The van der Waals surface area contributed by atoms with Gasteiger partial charge in [-0.1, -0.05) is 36.4 Å². The van der Waals surface area contributed by atoms with E-state index in [2.05, 4.69) is 55.1 Å². The van der Waals surface area contributed by atoms with Gasteiger partial charge in [0.1, 0.15) is 22.8 Å². The summed E-state index contributed by atoms with van der Waals surface area (Å²) in [5.41, 5.74) is 3.82. The third-order valence-electron chi connectivity index (χ3n) is 8.77. The number of amides is 2. The lowest BCUT2D eigenvalue weighted by atomic mass is 9.91. The SMILES string of the molecule is Cc1nc(C(=O)N[C@H]2CC[C@@H](NC(=O)c3cc(F)cnc3Oc3cccc(-c4cccc(CCCN5CCNCC5)c4)c3)CC2)cs1. The molecule has 0 atom stereocenters. The zero-order valence-electron chi connectivity index (χ0n) is 26.6. The van der Waals surface area contributed by atoms with Gasteiger partial charge in [-0.3, -0.25) is 9.59 Å². The largest absolute Gasteiger partial charge is 0.438 e. The smallest absolute Gasteiger partial charge is 0.270 e. The van der Waals surface area contributed by atoms with Crippen molar-refractivity contribution >= 4 is 23.2 Å². The first-order valence-corrected chi connectivity index (χ1v) is 17.3. The van der Waals surface area contributed by atoms with Crippen LogP contribution in [0.25, 0.3) is 11.1 Å². The zero-order valence-corrected chi connectivity index (χ0v) is 27.5. The van der Waals surface area contributed by atoms with Gasteiger partial charge in [0.15, 0.2) is 0 Å². The van der Waals surface area contributed by atoms with Crippen molar-refractivity contribution in [3.05, 3.63) is 93.8 Å². The van der Waals surface area contributed by atoms with Crippen LogP contribution in [0.5, 0.6) is 11.6 Å². The summed E-state index contributed by atoms with van der Waals surface area (Å²) in [7, 11) is 0. The van der Waals surface area contributed by atoms with E-state index in [1.165, 1.54) is 16.9 Å². The average molecular weight is 657 g/mol. The van der Waals surface area contributed by atoms with E-state index in [-0.39, 0.29) is 29.4 Å². The lowest BCUT2D eigenvalue weighted by molar-refractivity contribution is 0.0888. The Labute approximate surface area is 279 Å². The van der Waals surface area contributed by atoms with Crippen molar-refractivity contribution in [1.29, 1.82) is 0 Å². The highest BCUT2D eigenvalue weighted by Gasteiger charge is 2.26. The van der Waals surface area contributed by atoms with Crippen LogP contribution in [-0.4, -0.2) is 71.5 Å². The van der Waals surface area contributed by atoms with Gasteiger partial charge in [0.2, 0.25) is 5.88 Å². The number of halogens is 1. The van der Waals surface area contributed by atoms with E-state index in [0.29, 0.717) is 37.1 Å². The molecule has 47 heavy (non-hydrogen) atoms. The number of hydrogen-bond donors (Lipinski definition) is 3. The number of aryl methyl sites for hydroxylation is 2. The molecule has 0 spiro atoms. The van der Waals surface area contributed by atoms with Crippen LogP contribution in [-0.2, 0) is 6.42 Å². The van der Waals surface area contributed by atoms with Crippen molar-refractivity contribution in [3.8, 4) is 22.8 Å². The summed E-state index contributed by atoms with van der Waals surface area (Å²) in [5.74, 6) is -0.683. The number of hydrogen-bond acceptors (Lipinski definition) is 8. The van der Waals surface area contributed by atoms with E-state index in [9.17, 15) is 14.0 Å². The van der Waals surface area contributed by atoms with Crippen LogP contribution in [0.2, 0.25) is 0 Å². The second-order valence-corrected chi connectivity index (χ2v) is 13.3. The van der Waals surface area contributed by atoms with Crippen LogP contribution >= 0.6 is 11.3 Å². The van der Waals surface area contributed by atoms with E-state index in [1.807, 2.05) is 25.1 Å². The highest BCUT2D eigenvalue weighted by atomic mass is 32.1. The predicted molar refractivity (Wildman–Crippen MR) is 182 cm³/mol. The van der Waals surface area contributed by atoms with Crippen LogP contribution in [0, 0.1) is 12.7 Å². The minimum atomic E-state index is -0.617. The maximum Gasteiger partial charge on any atom is 0.270 e. The van der Waals surface area contributed by atoms with Crippen LogP contribution in [0.15, 0.2) is 66.2 Å².